The largest absolute Gasteiger partial charge is 0.381 e. The normalized spacial score (nSPS) is 10.5. The van der Waals surface area contributed by atoms with Gasteiger partial charge in [-0.05, 0) is 48.2 Å². The zero-order chi connectivity index (χ0) is 15.9. The van der Waals surface area contributed by atoms with Crippen LogP contribution in [0.25, 0.3) is 0 Å². The van der Waals surface area contributed by atoms with Crippen LogP contribution in [0.2, 0.25) is 0 Å². The molecule has 0 saturated carbocycles. The number of hydrogen-bond acceptors (Lipinski definition) is 3. The van der Waals surface area contributed by atoms with Crippen LogP contribution in [-0.2, 0) is 11.3 Å². The van der Waals surface area contributed by atoms with Gasteiger partial charge in [-0.1, -0.05) is 26.0 Å². The summed E-state index contributed by atoms with van der Waals surface area (Å²) in [7, 11) is 0. The van der Waals surface area contributed by atoms with Crippen molar-refractivity contribution in [2.45, 2.75) is 25.3 Å². The molecule has 0 aliphatic carbocycles. The fraction of sp³-hybridized carbons (Fsp3) is 0.278. The van der Waals surface area contributed by atoms with Gasteiger partial charge in [0.2, 0.25) is 5.91 Å². The van der Waals surface area contributed by atoms with E-state index in [1.165, 1.54) is 10.5 Å². The van der Waals surface area contributed by atoms with Crippen LogP contribution in [0.1, 0.15) is 19.4 Å². The summed E-state index contributed by atoms with van der Waals surface area (Å²) in [5.74, 6) is 0.0247. The smallest absolute Gasteiger partial charge is 0.226 e. The van der Waals surface area contributed by atoms with Crippen molar-refractivity contribution in [3.8, 4) is 0 Å². The van der Waals surface area contributed by atoms with E-state index in [9.17, 15) is 4.79 Å². The number of benzene rings is 2. The Labute approximate surface area is 136 Å². The minimum atomic E-state index is -0.0120. The van der Waals surface area contributed by atoms with Gasteiger partial charge in [0.05, 0.1) is 0 Å². The lowest BCUT2D eigenvalue weighted by Gasteiger charge is -2.10. The highest BCUT2D eigenvalue weighted by atomic mass is 32.2. The van der Waals surface area contributed by atoms with Crippen molar-refractivity contribution in [2.24, 2.45) is 5.92 Å². The molecular formula is C18H22N2OS. The second kappa shape index (κ2) is 7.90. The molecule has 1 amide bonds. The van der Waals surface area contributed by atoms with E-state index < -0.39 is 0 Å². The number of thioether (sulfide) groups is 1. The lowest BCUT2D eigenvalue weighted by atomic mass is 10.2. The third-order valence-corrected chi connectivity index (χ3v) is 4.08. The number of amides is 1. The Morgan fingerprint density at radius 3 is 2.14 bits per heavy atom. The van der Waals surface area contributed by atoms with E-state index in [-0.39, 0.29) is 11.8 Å². The van der Waals surface area contributed by atoms with Crippen molar-refractivity contribution in [3.63, 3.8) is 0 Å². The molecule has 3 nitrogen and oxygen atoms in total. The summed E-state index contributed by atoms with van der Waals surface area (Å²) in [5, 5.41) is 6.27. The van der Waals surface area contributed by atoms with Crippen LogP contribution in [-0.4, -0.2) is 12.2 Å². The first-order valence-electron chi connectivity index (χ1n) is 7.36. The molecule has 0 bridgehead atoms. The summed E-state index contributed by atoms with van der Waals surface area (Å²) >= 11 is 1.75. The quantitative estimate of drug-likeness (QED) is 0.765. The van der Waals surface area contributed by atoms with Gasteiger partial charge in [-0.3, -0.25) is 4.79 Å². The summed E-state index contributed by atoms with van der Waals surface area (Å²) in [5.41, 5.74) is 3.11. The Bertz CT molecular complexity index is 606. The molecule has 2 aromatic rings. The van der Waals surface area contributed by atoms with Crippen molar-refractivity contribution in [1.29, 1.82) is 0 Å². The minimum absolute atomic E-state index is 0.0120. The number of rotatable bonds is 6. The van der Waals surface area contributed by atoms with Crippen LogP contribution in [0, 0.1) is 5.92 Å². The molecule has 4 heteroatoms. The summed E-state index contributed by atoms with van der Waals surface area (Å²) < 4.78 is 0. The molecule has 22 heavy (non-hydrogen) atoms. The van der Waals surface area contributed by atoms with Crippen LogP contribution in [0.4, 0.5) is 11.4 Å². The van der Waals surface area contributed by atoms with Gasteiger partial charge in [0, 0.05) is 28.7 Å². The van der Waals surface area contributed by atoms with Gasteiger partial charge >= 0.3 is 0 Å². The SMILES string of the molecule is CSc1ccc(CNc2ccc(NC(=O)C(C)C)cc2)cc1. The number of nitrogens with one attached hydrogen (secondary N) is 2. The predicted molar refractivity (Wildman–Crippen MR) is 95.5 cm³/mol. The molecule has 0 fully saturated rings. The van der Waals surface area contributed by atoms with E-state index >= 15 is 0 Å². The van der Waals surface area contributed by atoms with E-state index in [1.807, 2.05) is 38.1 Å². The minimum Gasteiger partial charge on any atom is -0.381 e. The van der Waals surface area contributed by atoms with Gasteiger partial charge in [0.25, 0.3) is 0 Å². The summed E-state index contributed by atoms with van der Waals surface area (Å²) in [6.45, 7) is 4.55. The van der Waals surface area contributed by atoms with Crippen LogP contribution in [0.5, 0.6) is 0 Å². The van der Waals surface area contributed by atoms with Gasteiger partial charge in [-0.15, -0.1) is 11.8 Å². The first kappa shape index (κ1) is 16.4. The van der Waals surface area contributed by atoms with Gasteiger partial charge in [-0.2, -0.15) is 0 Å². The number of anilines is 2. The molecule has 0 saturated heterocycles. The van der Waals surface area contributed by atoms with E-state index in [2.05, 4.69) is 41.2 Å². The Balaban J connectivity index is 1.89. The number of hydrogen-bond donors (Lipinski definition) is 2. The second-order valence-corrected chi connectivity index (χ2v) is 6.30. The van der Waals surface area contributed by atoms with Crippen molar-refractivity contribution >= 4 is 29.0 Å². The van der Waals surface area contributed by atoms with Crippen molar-refractivity contribution in [3.05, 3.63) is 54.1 Å². The summed E-state index contributed by atoms with van der Waals surface area (Å²) in [6, 6.07) is 16.3. The first-order chi connectivity index (χ1) is 10.6. The molecular weight excluding hydrogens is 292 g/mol. The lowest BCUT2D eigenvalue weighted by molar-refractivity contribution is -0.118. The molecule has 2 aromatic carbocycles. The third kappa shape index (κ3) is 4.81. The first-order valence-corrected chi connectivity index (χ1v) is 8.58. The molecule has 0 aliphatic heterocycles. The third-order valence-electron chi connectivity index (χ3n) is 3.33. The zero-order valence-corrected chi connectivity index (χ0v) is 14.0. The monoisotopic (exact) mass is 314 g/mol. The molecule has 0 aliphatic rings. The molecule has 0 heterocycles. The average molecular weight is 314 g/mol. The molecule has 2 N–H and O–H groups in total. The Hall–Kier alpha value is -1.94. The maximum Gasteiger partial charge on any atom is 0.226 e. The topological polar surface area (TPSA) is 41.1 Å². The van der Waals surface area contributed by atoms with E-state index in [1.54, 1.807) is 11.8 Å². The lowest BCUT2D eigenvalue weighted by Crippen LogP contribution is -2.17. The highest BCUT2D eigenvalue weighted by Gasteiger charge is 2.06. The molecule has 0 radical (unpaired) electrons. The van der Waals surface area contributed by atoms with Crippen molar-refractivity contribution < 1.29 is 4.79 Å². The fourth-order valence-electron chi connectivity index (χ4n) is 1.91. The van der Waals surface area contributed by atoms with E-state index in [4.69, 9.17) is 0 Å². The van der Waals surface area contributed by atoms with Crippen LogP contribution >= 0.6 is 11.8 Å². The average Bonchev–Trinajstić information content (AvgIpc) is 2.54. The van der Waals surface area contributed by atoms with Crippen molar-refractivity contribution in [2.75, 3.05) is 16.9 Å². The van der Waals surface area contributed by atoms with Crippen molar-refractivity contribution in [1.82, 2.24) is 0 Å². The predicted octanol–water partition coefficient (Wildman–Crippen LogP) is 4.62. The highest BCUT2D eigenvalue weighted by Crippen LogP contribution is 2.17. The summed E-state index contributed by atoms with van der Waals surface area (Å²) in [4.78, 5) is 12.9. The van der Waals surface area contributed by atoms with E-state index in [0.717, 1.165) is 17.9 Å². The van der Waals surface area contributed by atoms with Crippen LogP contribution in [0.15, 0.2) is 53.4 Å². The highest BCUT2D eigenvalue weighted by molar-refractivity contribution is 7.98. The van der Waals surface area contributed by atoms with Gasteiger partial charge < -0.3 is 10.6 Å². The standard InChI is InChI=1S/C18H22N2OS/c1-13(2)18(21)20-16-8-6-15(7-9-16)19-12-14-4-10-17(22-3)11-5-14/h4-11,13,19H,12H2,1-3H3,(H,20,21). The van der Waals surface area contributed by atoms with Gasteiger partial charge in [0.1, 0.15) is 0 Å². The fourth-order valence-corrected chi connectivity index (χ4v) is 2.31. The number of carbonyl (C=O) groups is 1. The zero-order valence-electron chi connectivity index (χ0n) is 13.2. The maximum atomic E-state index is 11.6. The Morgan fingerprint density at radius 1 is 1.00 bits per heavy atom. The maximum absolute atomic E-state index is 11.6. The van der Waals surface area contributed by atoms with Crippen LogP contribution < -0.4 is 10.6 Å². The molecule has 2 rings (SSSR count). The molecule has 0 unspecified atom stereocenters. The second-order valence-electron chi connectivity index (χ2n) is 5.42. The Morgan fingerprint density at radius 2 is 1.59 bits per heavy atom. The van der Waals surface area contributed by atoms with Gasteiger partial charge in [0.15, 0.2) is 0 Å². The van der Waals surface area contributed by atoms with Gasteiger partial charge in [-0.25, -0.2) is 0 Å². The Kier molecular flexibility index (Phi) is 5.90. The molecule has 116 valence electrons. The number of carbonyl (C=O) groups excluding carboxylic acids is 1. The van der Waals surface area contributed by atoms with E-state index in [0.29, 0.717) is 0 Å². The molecule has 0 aromatic heterocycles. The molecule has 0 spiro atoms. The summed E-state index contributed by atoms with van der Waals surface area (Å²) in [6.07, 6.45) is 2.08. The molecule has 0 atom stereocenters. The van der Waals surface area contributed by atoms with Crippen LogP contribution in [0.3, 0.4) is 0 Å².